The quantitative estimate of drug-likeness (QED) is 0.737. The van der Waals surface area contributed by atoms with E-state index in [0.717, 1.165) is 25.9 Å². The Hall–Kier alpha value is -1.69. The minimum absolute atomic E-state index is 0.0237. The Labute approximate surface area is 174 Å². The predicted octanol–water partition coefficient (Wildman–Crippen LogP) is 1.38. The van der Waals surface area contributed by atoms with Crippen LogP contribution < -0.4 is 5.32 Å². The second-order valence-corrected chi connectivity index (χ2v) is 9.76. The number of carbonyl (C=O) groups is 1. The third-order valence-corrected chi connectivity index (χ3v) is 7.51. The van der Waals surface area contributed by atoms with E-state index < -0.39 is 28.7 Å². The maximum atomic E-state index is 12.9. The monoisotopic (exact) mass is 448 g/mol. The van der Waals surface area contributed by atoms with Crippen molar-refractivity contribution in [3.63, 3.8) is 0 Å². The first-order chi connectivity index (χ1) is 14.1. The van der Waals surface area contributed by atoms with Crippen molar-refractivity contribution in [3.8, 4) is 0 Å². The molecule has 2 saturated heterocycles. The highest BCUT2D eigenvalue weighted by Crippen LogP contribution is 2.22. The zero-order valence-electron chi connectivity index (χ0n) is 16.9. The molecule has 1 aromatic carbocycles. The fraction of sp³-hybridized carbons (Fsp3) is 0.632. The van der Waals surface area contributed by atoms with Crippen LogP contribution in [0.2, 0.25) is 0 Å². The molecule has 0 radical (unpaired) electrons. The van der Waals surface area contributed by atoms with Crippen molar-refractivity contribution in [1.29, 1.82) is 0 Å². The molecule has 2 aliphatic rings. The summed E-state index contributed by atoms with van der Waals surface area (Å²) in [5.74, 6) is -0.901. The van der Waals surface area contributed by atoms with Gasteiger partial charge in [0, 0.05) is 44.3 Å². The van der Waals surface area contributed by atoms with Crippen LogP contribution in [0, 0.1) is 0 Å². The predicted molar refractivity (Wildman–Crippen MR) is 106 cm³/mol. The third kappa shape index (κ3) is 5.71. The minimum Gasteiger partial charge on any atom is -0.343 e. The summed E-state index contributed by atoms with van der Waals surface area (Å²) in [6.07, 6.45) is -2.24. The van der Waals surface area contributed by atoms with Crippen LogP contribution in [-0.4, -0.2) is 93.5 Å². The van der Waals surface area contributed by atoms with Gasteiger partial charge in [0.25, 0.3) is 5.91 Å². The summed E-state index contributed by atoms with van der Waals surface area (Å²) in [5.41, 5.74) is -0.0237. The van der Waals surface area contributed by atoms with Crippen LogP contribution in [0.25, 0.3) is 0 Å². The second-order valence-electron chi connectivity index (χ2n) is 7.82. The Morgan fingerprint density at radius 3 is 2.30 bits per heavy atom. The number of alkyl halides is 3. The lowest BCUT2D eigenvalue weighted by atomic mass is 10.0. The number of halogens is 3. The number of amides is 1. The van der Waals surface area contributed by atoms with Crippen molar-refractivity contribution in [2.75, 3.05) is 52.9 Å². The second kappa shape index (κ2) is 9.21. The van der Waals surface area contributed by atoms with Gasteiger partial charge in [0.2, 0.25) is 10.0 Å². The van der Waals surface area contributed by atoms with Crippen LogP contribution in [0.4, 0.5) is 13.2 Å². The van der Waals surface area contributed by atoms with Crippen molar-refractivity contribution < 1.29 is 26.4 Å². The molecule has 0 saturated carbocycles. The summed E-state index contributed by atoms with van der Waals surface area (Å²) >= 11 is 0. The molecular weight excluding hydrogens is 421 g/mol. The molecular formula is C19H27F3N4O3S. The molecule has 7 nitrogen and oxygen atoms in total. The van der Waals surface area contributed by atoms with Gasteiger partial charge in [-0.1, -0.05) is 0 Å². The van der Waals surface area contributed by atoms with Gasteiger partial charge in [0.05, 0.1) is 4.90 Å². The van der Waals surface area contributed by atoms with E-state index in [4.69, 9.17) is 0 Å². The molecule has 2 aliphatic heterocycles. The van der Waals surface area contributed by atoms with E-state index in [1.807, 2.05) is 0 Å². The van der Waals surface area contributed by atoms with Gasteiger partial charge in [-0.25, -0.2) is 8.42 Å². The Bertz CT molecular complexity index is 838. The number of likely N-dealkylation sites (tertiary alicyclic amines) is 1. The number of piperazine rings is 1. The highest BCUT2D eigenvalue weighted by atomic mass is 32.2. The standard InChI is InChI=1S/C19H27F3N4O3S/c1-24-8-2-3-16(13-24)25-9-11-26(12-10-25)30(28,29)17-6-4-15(5-7-17)18(27)23-14-19(20,21)22/h4-7,16H,2-3,8-14H2,1H3,(H,23,27). The molecule has 3 rings (SSSR count). The largest absolute Gasteiger partial charge is 0.405 e. The van der Waals surface area contributed by atoms with Crippen molar-refractivity contribution in [2.45, 2.75) is 30.0 Å². The Morgan fingerprint density at radius 2 is 1.73 bits per heavy atom. The SMILES string of the molecule is CN1CCCC(N2CCN(S(=O)(=O)c3ccc(C(=O)NCC(F)(F)F)cc3)CC2)C1. The number of nitrogens with zero attached hydrogens (tertiary/aromatic N) is 3. The van der Waals surface area contributed by atoms with E-state index in [1.165, 1.54) is 28.6 Å². The first kappa shape index (κ1) is 23.0. The number of hydrogen-bond donors (Lipinski definition) is 1. The van der Waals surface area contributed by atoms with Crippen LogP contribution >= 0.6 is 0 Å². The maximum absolute atomic E-state index is 12.9. The lowest BCUT2D eigenvalue weighted by Crippen LogP contribution is -2.55. The number of sulfonamides is 1. The number of hydrogen-bond acceptors (Lipinski definition) is 5. The van der Waals surface area contributed by atoms with Gasteiger partial charge in [-0.05, 0) is 50.7 Å². The van der Waals surface area contributed by atoms with E-state index in [1.54, 1.807) is 5.32 Å². The van der Waals surface area contributed by atoms with E-state index >= 15 is 0 Å². The van der Waals surface area contributed by atoms with Crippen LogP contribution in [0.1, 0.15) is 23.2 Å². The third-order valence-electron chi connectivity index (χ3n) is 5.59. The molecule has 1 atom stereocenters. The summed E-state index contributed by atoms with van der Waals surface area (Å²) in [6, 6.07) is 5.43. The molecule has 1 aromatic rings. The molecule has 1 unspecified atom stereocenters. The molecule has 2 fully saturated rings. The molecule has 30 heavy (non-hydrogen) atoms. The molecule has 0 spiro atoms. The van der Waals surface area contributed by atoms with Crippen LogP contribution in [-0.2, 0) is 10.0 Å². The molecule has 0 bridgehead atoms. The van der Waals surface area contributed by atoms with E-state index in [0.29, 0.717) is 32.2 Å². The average molecular weight is 449 g/mol. The fourth-order valence-electron chi connectivity index (χ4n) is 3.96. The van der Waals surface area contributed by atoms with Gasteiger partial charge in [-0.3, -0.25) is 9.69 Å². The van der Waals surface area contributed by atoms with E-state index in [-0.39, 0.29) is 10.5 Å². The number of nitrogens with one attached hydrogen (secondary N) is 1. The zero-order chi connectivity index (χ0) is 21.9. The zero-order valence-corrected chi connectivity index (χ0v) is 17.7. The van der Waals surface area contributed by atoms with Gasteiger partial charge < -0.3 is 10.2 Å². The molecule has 0 aromatic heterocycles. The Morgan fingerprint density at radius 1 is 1.10 bits per heavy atom. The van der Waals surface area contributed by atoms with Crippen molar-refractivity contribution in [1.82, 2.24) is 19.4 Å². The topological polar surface area (TPSA) is 73.0 Å². The number of carbonyl (C=O) groups excluding carboxylic acids is 1. The normalized spacial score (nSPS) is 22.7. The smallest absolute Gasteiger partial charge is 0.343 e. The lowest BCUT2D eigenvalue weighted by Gasteiger charge is -2.42. The van der Waals surface area contributed by atoms with Crippen molar-refractivity contribution in [2.24, 2.45) is 0 Å². The summed E-state index contributed by atoms with van der Waals surface area (Å²) in [4.78, 5) is 16.5. The molecule has 1 amide bonds. The summed E-state index contributed by atoms with van der Waals surface area (Å²) < 4.78 is 63.9. The molecule has 168 valence electrons. The highest BCUT2D eigenvalue weighted by Gasteiger charge is 2.32. The molecule has 1 N–H and O–H groups in total. The van der Waals surface area contributed by atoms with Gasteiger partial charge in [-0.15, -0.1) is 0 Å². The first-order valence-electron chi connectivity index (χ1n) is 9.94. The van der Waals surface area contributed by atoms with Gasteiger partial charge in [-0.2, -0.15) is 17.5 Å². The van der Waals surface area contributed by atoms with Crippen molar-refractivity contribution in [3.05, 3.63) is 29.8 Å². The summed E-state index contributed by atoms with van der Waals surface area (Å²) in [6.45, 7) is 2.74. The highest BCUT2D eigenvalue weighted by molar-refractivity contribution is 7.89. The first-order valence-corrected chi connectivity index (χ1v) is 11.4. The lowest BCUT2D eigenvalue weighted by molar-refractivity contribution is -0.123. The summed E-state index contributed by atoms with van der Waals surface area (Å²) in [7, 11) is -1.62. The van der Waals surface area contributed by atoms with Gasteiger partial charge in [0.1, 0.15) is 6.54 Å². The number of piperidine rings is 1. The van der Waals surface area contributed by atoms with E-state index in [9.17, 15) is 26.4 Å². The number of rotatable bonds is 5. The van der Waals surface area contributed by atoms with Gasteiger partial charge >= 0.3 is 6.18 Å². The molecule has 11 heteroatoms. The van der Waals surface area contributed by atoms with Crippen LogP contribution in [0.15, 0.2) is 29.2 Å². The molecule has 0 aliphatic carbocycles. The Kier molecular flexibility index (Phi) is 7.05. The number of likely N-dealkylation sites (N-methyl/N-ethyl adjacent to an activating group) is 1. The van der Waals surface area contributed by atoms with Crippen LogP contribution in [0.3, 0.4) is 0 Å². The van der Waals surface area contributed by atoms with Crippen molar-refractivity contribution >= 4 is 15.9 Å². The van der Waals surface area contributed by atoms with Gasteiger partial charge in [0.15, 0.2) is 0 Å². The Balaban J connectivity index is 1.58. The maximum Gasteiger partial charge on any atom is 0.405 e. The summed E-state index contributed by atoms with van der Waals surface area (Å²) in [5, 5.41) is 1.77. The average Bonchev–Trinajstić information content (AvgIpc) is 2.71. The fourth-order valence-corrected chi connectivity index (χ4v) is 5.38. The number of benzene rings is 1. The minimum atomic E-state index is -4.51. The van der Waals surface area contributed by atoms with E-state index in [2.05, 4.69) is 16.8 Å². The molecule has 2 heterocycles. The van der Waals surface area contributed by atoms with Crippen LogP contribution in [0.5, 0.6) is 0 Å².